The molecule has 0 bridgehead atoms. The maximum atomic E-state index is 9.48. The molecule has 110 valence electrons. The van der Waals surface area contributed by atoms with Gasteiger partial charge in [-0.05, 0) is 42.9 Å². The van der Waals surface area contributed by atoms with Crippen molar-refractivity contribution in [2.24, 2.45) is 5.10 Å². The molecule has 0 fully saturated rings. The van der Waals surface area contributed by atoms with E-state index in [4.69, 9.17) is 12.2 Å². The Hall–Kier alpha value is -2.73. The summed E-state index contributed by atoms with van der Waals surface area (Å²) in [4.78, 5) is 0. The van der Waals surface area contributed by atoms with Gasteiger partial charge in [-0.1, -0.05) is 35.9 Å². The zero-order valence-corrected chi connectivity index (χ0v) is 12.7. The van der Waals surface area contributed by atoms with Crippen LogP contribution in [0.2, 0.25) is 0 Å². The van der Waals surface area contributed by atoms with Gasteiger partial charge in [0.05, 0.1) is 6.21 Å². The van der Waals surface area contributed by atoms with E-state index < -0.39 is 0 Å². The molecule has 3 rings (SSSR count). The fourth-order valence-corrected chi connectivity index (χ4v) is 2.28. The first-order valence-electron chi connectivity index (χ1n) is 6.71. The van der Waals surface area contributed by atoms with Crippen molar-refractivity contribution in [3.05, 3.63) is 64.4 Å². The van der Waals surface area contributed by atoms with Crippen molar-refractivity contribution in [3.63, 3.8) is 0 Å². The normalized spacial score (nSPS) is 11.1. The standard InChI is InChI=1S/C16H14N4OS/c1-11-4-2-6-13(8-11)15-18-19-16(22)20(15)17-10-12-5-3-7-14(21)9-12/h2-10,21H,1H3,(H,19,22)/b17-10+. The van der Waals surface area contributed by atoms with Crippen molar-refractivity contribution >= 4 is 18.4 Å². The minimum absolute atomic E-state index is 0.193. The van der Waals surface area contributed by atoms with Gasteiger partial charge in [0.15, 0.2) is 5.82 Å². The van der Waals surface area contributed by atoms with Crippen molar-refractivity contribution in [1.82, 2.24) is 14.9 Å². The Labute approximate surface area is 132 Å². The Morgan fingerprint density at radius 1 is 1.23 bits per heavy atom. The Morgan fingerprint density at radius 2 is 2.05 bits per heavy atom. The smallest absolute Gasteiger partial charge is 0.216 e. The van der Waals surface area contributed by atoms with Crippen LogP contribution < -0.4 is 0 Å². The lowest BCUT2D eigenvalue weighted by Crippen LogP contribution is -1.95. The van der Waals surface area contributed by atoms with Crippen LogP contribution in [0.25, 0.3) is 11.4 Å². The molecule has 22 heavy (non-hydrogen) atoms. The lowest BCUT2D eigenvalue weighted by Gasteiger charge is -2.02. The van der Waals surface area contributed by atoms with E-state index in [-0.39, 0.29) is 5.75 Å². The second kappa shape index (κ2) is 5.95. The topological polar surface area (TPSA) is 66.2 Å². The first-order valence-corrected chi connectivity index (χ1v) is 7.12. The van der Waals surface area contributed by atoms with Gasteiger partial charge in [-0.3, -0.25) is 0 Å². The fourth-order valence-electron chi connectivity index (χ4n) is 2.10. The second-order valence-electron chi connectivity index (χ2n) is 4.87. The van der Waals surface area contributed by atoms with E-state index >= 15 is 0 Å². The molecule has 3 aromatic rings. The quantitative estimate of drug-likeness (QED) is 0.575. The monoisotopic (exact) mass is 310 g/mol. The number of phenols is 1. The molecule has 1 aromatic heterocycles. The molecule has 5 nitrogen and oxygen atoms in total. The number of aromatic amines is 1. The summed E-state index contributed by atoms with van der Waals surface area (Å²) in [5.41, 5.74) is 2.84. The summed E-state index contributed by atoms with van der Waals surface area (Å²) >= 11 is 5.23. The number of hydrogen-bond acceptors (Lipinski definition) is 4. The number of nitrogens with zero attached hydrogens (tertiary/aromatic N) is 3. The number of phenolic OH excluding ortho intramolecular Hbond substituents is 1. The van der Waals surface area contributed by atoms with Crippen LogP contribution in [0, 0.1) is 11.7 Å². The van der Waals surface area contributed by atoms with Gasteiger partial charge in [0.1, 0.15) is 5.75 Å². The fraction of sp³-hybridized carbons (Fsp3) is 0.0625. The summed E-state index contributed by atoms with van der Waals surface area (Å²) in [7, 11) is 0. The van der Waals surface area contributed by atoms with Gasteiger partial charge in [-0.15, -0.1) is 0 Å². The van der Waals surface area contributed by atoms with Gasteiger partial charge in [-0.2, -0.15) is 14.9 Å². The highest BCUT2D eigenvalue weighted by Crippen LogP contribution is 2.18. The van der Waals surface area contributed by atoms with Crippen LogP contribution in [-0.2, 0) is 0 Å². The molecule has 0 amide bonds. The van der Waals surface area contributed by atoms with E-state index in [2.05, 4.69) is 15.3 Å². The largest absolute Gasteiger partial charge is 0.508 e. The van der Waals surface area contributed by atoms with Gasteiger partial charge in [0.2, 0.25) is 4.77 Å². The molecule has 2 N–H and O–H groups in total. The van der Waals surface area contributed by atoms with Gasteiger partial charge < -0.3 is 5.11 Å². The number of aromatic nitrogens is 3. The van der Waals surface area contributed by atoms with Crippen molar-refractivity contribution < 1.29 is 5.11 Å². The Balaban J connectivity index is 2.01. The molecule has 0 unspecified atom stereocenters. The van der Waals surface area contributed by atoms with Crippen LogP contribution >= 0.6 is 12.2 Å². The first kappa shape index (κ1) is 14.2. The summed E-state index contributed by atoms with van der Waals surface area (Å²) in [6.07, 6.45) is 1.63. The zero-order valence-electron chi connectivity index (χ0n) is 11.9. The molecule has 0 spiro atoms. The number of aromatic hydroxyl groups is 1. The molecule has 0 saturated heterocycles. The van der Waals surface area contributed by atoms with Crippen LogP contribution in [0.1, 0.15) is 11.1 Å². The number of rotatable bonds is 3. The van der Waals surface area contributed by atoms with E-state index in [0.717, 1.165) is 16.7 Å². The maximum Gasteiger partial charge on any atom is 0.216 e. The van der Waals surface area contributed by atoms with E-state index in [1.807, 2.05) is 37.3 Å². The van der Waals surface area contributed by atoms with Gasteiger partial charge in [0.25, 0.3) is 0 Å². The van der Waals surface area contributed by atoms with Gasteiger partial charge >= 0.3 is 0 Å². The maximum absolute atomic E-state index is 9.48. The Kier molecular flexibility index (Phi) is 3.84. The van der Waals surface area contributed by atoms with E-state index in [1.54, 1.807) is 29.1 Å². The number of aryl methyl sites for hydroxylation is 1. The molecule has 0 saturated carbocycles. The summed E-state index contributed by atoms with van der Waals surface area (Å²) in [6.45, 7) is 2.02. The number of hydrogen-bond donors (Lipinski definition) is 2. The number of benzene rings is 2. The third kappa shape index (κ3) is 2.96. The van der Waals surface area contributed by atoms with Crippen LogP contribution in [0.4, 0.5) is 0 Å². The molecule has 6 heteroatoms. The van der Waals surface area contributed by atoms with Crippen molar-refractivity contribution in [3.8, 4) is 17.1 Å². The average Bonchev–Trinajstić information content (AvgIpc) is 2.86. The minimum atomic E-state index is 0.193. The summed E-state index contributed by atoms with van der Waals surface area (Å²) in [6, 6.07) is 14.8. The second-order valence-corrected chi connectivity index (χ2v) is 5.26. The summed E-state index contributed by atoms with van der Waals surface area (Å²) < 4.78 is 1.97. The molecule has 1 heterocycles. The highest BCUT2D eigenvalue weighted by atomic mass is 32.1. The van der Waals surface area contributed by atoms with Crippen LogP contribution in [0.3, 0.4) is 0 Å². The van der Waals surface area contributed by atoms with Crippen molar-refractivity contribution in [1.29, 1.82) is 0 Å². The van der Waals surface area contributed by atoms with Gasteiger partial charge in [0, 0.05) is 5.56 Å². The third-order valence-corrected chi connectivity index (χ3v) is 3.38. The first-order chi connectivity index (χ1) is 10.6. The van der Waals surface area contributed by atoms with Crippen molar-refractivity contribution in [2.45, 2.75) is 6.92 Å². The number of nitrogens with one attached hydrogen (secondary N) is 1. The lowest BCUT2D eigenvalue weighted by atomic mass is 10.1. The van der Waals surface area contributed by atoms with Crippen molar-refractivity contribution in [2.75, 3.05) is 0 Å². The zero-order chi connectivity index (χ0) is 15.5. The van der Waals surface area contributed by atoms with E-state index in [9.17, 15) is 5.11 Å². The Bertz CT molecular complexity index is 895. The SMILES string of the molecule is Cc1cccc(-c2n[nH]c(=S)n2/N=C/c2cccc(O)c2)c1. The average molecular weight is 310 g/mol. The lowest BCUT2D eigenvalue weighted by molar-refractivity contribution is 0.475. The molecule has 0 radical (unpaired) electrons. The molecule has 0 aliphatic carbocycles. The summed E-state index contributed by atoms with van der Waals surface area (Å²) in [5, 5.41) is 20.8. The molecule has 0 atom stereocenters. The predicted molar refractivity (Wildman–Crippen MR) is 88.7 cm³/mol. The van der Waals surface area contributed by atoms with Crippen LogP contribution in [0.5, 0.6) is 5.75 Å². The number of H-pyrrole nitrogens is 1. The van der Waals surface area contributed by atoms with Gasteiger partial charge in [-0.25, -0.2) is 5.10 Å². The van der Waals surface area contributed by atoms with Crippen LogP contribution in [-0.4, -0.2) is 26.2 Å². The highest BCUT2D eigenvalue weighted by Gasteiger charge is 2.07. The van der Waals surface area contributed by atoms with E-state index in [1.165, 1.54) is 0 Å². The van der Waals surface area contributed by atoms with Crippen LogP contribution in [0.15, 0.2) is 53.6 Å². The molecule has 0 aliphatic heterocycles. The molecule has 2 aromatic carbocycles. The molecular formula is C16H14N4OS. The van der Waals surface area contributed by atoms with E-state index in [0.29, 0.717) is 10.6 Å². The third-order valence-electron chi connectivity index (χ3n) is 3.12. The Morgan fingerprint density at radius 3 is 2.82 bits per heavy atom. The molecule has 0 aliphatic rings. The summed E-state index contributed by atoms with van der Waals surface area (Å²) in [5.74, 6) is 0.837. The highest BCUT2D eigenvalue weighted by molar-refractivity contribution is 7.71. The minimum Gasteiger partial charge on any atom is -0.508 e. The predicted octanol–water partition coefficient (Wildman–Crippen LogP) is 3.50. The molecular weight excluding hydrogens is 296 g/mol.